The Balaban J connectivity index is 1.76. The number of hydrogen-bond donors (Lipinski definition) is 1. The molecule has 0 aromatic heterocycles. The van der Waals surface area contributed by atoms with Crippen molar-refractivity contribution in [1.29, 1.82) is 0 Å². The molecule has 0 aromatic rings. The van der Waals surface area contributed by atoms with E-state index in [9.17, 15) is 9.90 Å². The lowest BCUT2D eigenvalue weighted by atomic mass is 9.94. The molecule has 0 aliphatic carbocycles. The van der Waals surface area contributed by atoms with Crippen LogP contribution in [0.4, 0.5) is 0 Å². The molecule has 2 aliphatic rings. The molecule has 0 radical (unpaired) electrons. The Hall–Kier alpha value is -0.610. The van der Waals surface area contributed by atoms with Crippen LogP contribution in [0.2, 0.25) is 0 Å². The van der Waals surface area contributed by atoms with Crippen molar-refractivity contribution in [3.8, 4) is 0 Å². The Morgan fingerprint density at radius 2 is 1.53 bits per heavy atom. The van der Waals surface area contributed by atoms with E-state index in [1.807, 2.05) is 11.8 Å². The van der Waals surface area contributed by atoms with E-state index in [1.54, 1.807) is 0 Å². The molecule has 0 aromatic carbocycles. The molecular formula is C15H28N2O2. The maximum atomic E-state index is 12.3. The van der Waals surface area contributed by atoms with Crippen LogP contribution in [-0.2, 0) is 4.79 Å². The summed E-state index contributed by atoms with van der Waals surface area (Å²) in [5, 5.41) is 9.92. The molecule has 2 rings (SSSR count). The van der Waals surface area contributed by atoms with E-state index in [-0.39, 0.29) is 5.91 Å². The lowest BCUT2D eigenvalue weighted by Gasteiger charge is -2.36. The average Bonchev–Trinajstić information content (AvgIpc) is 2.31. The number of hydrogen-bond acceptors (Lipinski definition) is 3. The van der Waals surface area contributed by atoms with Crippen LogP contribution in [-0.4, -0.2) is 59.1 Å². The fourth-order valence-corrected chi connectivity index (χ4v) is 2.98. The zero-order valence-corrected chi connectivity index (χ0v) is 12.2. The van der Waals surface area contributed by atoms with Gasteiger partial charge in [0.25, 0.3) is 0 Å². The molecule has 110 valence electrons. The summed E-state index contributed by atoms with van der Waals surface area (Å²) in [5.74, 6) is 0.281. The zero-order chi connectivity index (χ0) is 13.7. The molecule has 4 heteroatoms. The van der Waals surface area contributed by atoms with Crippen molar-refractivity contribution >= 4 is 5.91 Å². The summed E-state index contributed by atoms with van der Waals surface area (Å²) in [4.78, 5) is 16.6. The van der Waals surface area contributed by atoms with Crippen LogP contribution in [0.5, 0.6) is 0 Å². The van der Waals surface area contributed by atoms with E-state index in [0.29, 0.717) is 6.54 Å². The Labute approximate surface area is 116 Å². The standard InChI is InChI=1S/C15H28N2O2/c1-15(19)7-11-16(12-8-15)13-14(18)17-9-5-3-2-4-6-10-17/h19H,2-13H2,1H3. The highest BCUT2D eigenvalue weighted by Crippen LogP contribution is 2.21. The van der Waals surface area contributed by atoms with Gasteiger partial charge in [-0.3, -0.25) is 9.69 Å². The van der Waals surface area contributed by atoms with Gasteiger partial charge in [0.15, 0.2) is 0 Å². The van der Waals surface area contributed by atoms with Crippen molar-refractivity contribution in [2.24, 2.45) is 0 Å². The van der Waals surface area contributed by atoms with E-state index >= 15 is 0 Å². The van der Waals surface area contributed by atoms with E-state index in [4.69, 9.17) is 0 Å². The predicted octanol–water partition coefficient (Wildman–Crippen LogP) is 1.63. The number of likely N-dealkylation sites (tertiary alicyclic amines) is 2. The fourth-order valence-electron chi connectivity index (χ4n) is 2.98. The molecule has 19 heavy (non-hydrogen) atoms. The van der Waals surface area contributed by atoms with E-state index in [1.165, 1.54) is 19.3 Å². The third-order valence-corrected chi connectivity index (χ3v) is 4.50. The smallest absolute Gasteiger partial charge is 0.236 e. The lowest BCUT2D eigenvalue weighted by molar-refractivity contribution is -0.133. The zero-order valence-electron chi connectivity index (χ0n) is 12.2. The van der Waals surface area contributed by atoms with Crippen molar-refractivity contribution < 1.29 is 9.90 Å². The number of carbonyl (C=O) groups is 1. The number of piperidine rings is 1. The van der Waals surface area contributed by atoms with Crippen molar-refractivity contribution in [3.63, 3.8) is 0 Å². The molecule has 2 heterocycles. The van der Waals surface area contributed by atoms with Crippen LogP contribution in [0, 0.1) is 0 Å². The summed E-state index contributed by atoms with van der Waals surface area (Å²) in [5.41, 5.74) is -0.528. The minimum Gasteiger partial charge on any atom is -0.390 e. The number of carbonyl (C=O) groups excluding carboxylic acids is 1. The van der Waals surface area contributed by atoms with Crippen molar-refractivity contribution in [2.75, 3.05) is 32.7 Å². The van der Waals surface area contributed by atoms with Gasteiger partial charge in [0.05, 0.1) is 12.1 Å². The molecule has 0 atom stereocenters. The molecule has 2 saturated heterocycles. The topological polar surface area (TPSA) is 43.8 Å². The Morgan fingerprint density at radius 3 is 2.11 bits per heavy atom. The first-order valence-corrected chi connectivity index (χ1v) is 7.79. The summed E-state index contributed by atoms with van der Waals surface area (Å²) in [6, 6.07) is 0. The van der Waals surface area contributed by atoms with Crippen LogP contribution >= 0.6 is 0 Å². The largest absolute Gasteiger partial charge is 0.390 e. The van der Waals surface area contributed by atoms with Gasteiger partial charge < -0.3 is 10.0 Å². The second kappa shape index (κ2) is 6.71. The maximum absolute atomic E-state index is 12.3. The Kier molecular flexibility index (Phi) is 5.22. The highest BCUT2D eigenvalue weighted by Gasteiger charge is 2.28. The molecule has 0 unspecified atom stereocenters. The molecule has 1 N–H and O–H groups in total. The van der Waals surface area contributed by atoms with Crippen LogP contribution in [0.15, 0.2) is 0 Å². The normalized spacial score (nSPS) is 25.7. The van der Waals surface area contributed by atoms with Crippen molar-refractivity contribution in [3.05, 3.63) is 0 Å². The van der Waals surface area contributed by atoms with Gasteiger partial charge >= 0.3 is 0 Å². The monoisotopic (exact) mass is 268 g/mol. The molecule has 0 bridgehead atoms. The van der Waals surface area contributed by atoms with Crippen LogP contribution in [0.25, 0.3) is 0 Å². The SMILES string of the molecule is CC1(O)CCN(CC(=O)N2CCCCCCC2)CC1. The molecule has 2 fully saturated rings. The highest BCUT2D eigenvalue weighted by molar-refractivity contribution is 5.78. The van der Waals surface area contributed by atoms with E-state index < -0.39 is 5.60 Å². The van der Waals surface area contributed by atoms with Crippen LogP contribution in [0.1, 0.15) is 51.9 Å². The predicted molar refractivity (Wildman–Crippen MR) is 76.0 cm³/mol. The van der Waals surface area contributed by atoms with Crippen molar-refractivity contribution in [1.82, 2.24) is 9.80 Å². The summed E-state index contributed by atoms with van der Waals surface area (Å²) in [6.45, 7) is 5.98. The van der Waals surface area contributed by atoms with Crippen molar-refractivity contribution in [2.45, 2.75) is 57.5 Å². The average molecular weight is 268 g/mol. The van der Waals surface area contributed by atoms with Gasteiger partial charge in [-0.25, -0.2) is 0 Å². The first-order valence-electron chi connectivity index (χ1n) is 7.79. The van der Waals surface area contributed by atoms with Gasteiger partial charge in [0, 0.05) is 26.2 Å². The van der Waals surface area contributed by atoms with E-state index in [2.05, 4.69) is 4.90 Å². The highest BCUT2D eigenvalue weighted by atomic mass is 16.3. The molecular weight excluding hydrogens is 240 g/mol. The summed E-state index contributed by atoms with van der Waals surface area (Å²) in [6.07, 6.45) is 7.71. The minimum absolute atomic E-state index is 0.281. The molecule has 4 nitrogen and oxygen atoms in total. The van der Waals surface area contributed by atoms with Gasteiger partial charge in [0.2, 0.25) is 5.91 Å². The van der Waals surface area contributed by atoms with Gasteiger partial charge in [-0.1, -0.05) is 19.3 Å². The fraction of sp³-hybridized carbons (Fsp3) is 0.933. The van der Waals surface area contributed by atoms with Gasteiger partial charge in [-0.05, 0) is 32.6 Å². The van der Waals surface area contributed by atoms with Gasteiger partial charge in [0.1, 0.15) is 0 Å². The molecule has 0 saturated carbocycles. The number of rotatable bonds is 2. The number of nitrogens with zero attached hydrogens (tertiary/aromatic N) is 2. The van der Waals surface area contributed by atoms with Crippen LogP contribution in [0.3, 0.4) is 0 Å². The minimum atomic E-state index is -0.528. The Bertz CT molecular complexity index is 287. The maximum Gasteiger partial charge on any atom is 0.236 e. The summed E-state index contributed by atoms with van der Waals surface area (Å²) < 4.78 is 0. The first-order chi connectivity index (χ1) is 9.07. The van der Waals surface area contributed by atoms with Gasteiger partial charge in [-0.2, -0.15) is 0 Å². The second-order valence-corrected chi connectivity index (χ2v) is 6.42. The van der Waals surface area contributed by atoms with Crippen LogP contribution < -0.4 is 0 Å². The second-order valence-electron chi connectivity index (χ2n) is 6.42. The third kappa shape index (κ3) is 4.77. The summed E-state index contributed by atoms with van der Waals surface area (Å²) in [7, 11) is 0. The molecule has 2 aliphatic heterocycles. The summed E-state index contributed by atoms with van der Waals surface area (Å²) >= 11 is 0. The lowest BCUT2D eigenvalue weighted by Crippen LogP contribution is -2.47. The number of amides is 1. The van der Waals surface area contributed by atoms with Gasteiger partial charge in [-0.15, -0.1) is 0 Å². The number of aliphatic hydroxyl groups is 1. The quantitative estimate of drug-likeness (QED) is 0.828. The Morgan fingerprint density at radius 1 is 1.00 bits per heavy atom. The molecule has 1 amide bonds. The molecule has 0 spiro atoms. The first kappa shape index (κ1) is 14.8. The van der Waals surface area contributed by atoms with E-state index in [0.717, 1.165) is 51.9 Å². The third-order valence-electron chi connectivity index (χ3n) is 4.50.